The lowest BCUT2D eigenvalue weighted by Crippen LogP contribution is -2.28. The molecule has 8 nitrogen and oxygen atoms in total. The largest absolute Gasteiger partial charge is 0.496 e. The summed E-state index contributed by atoms with van der Waals surface area (Å²) in [7, 11) is 1.72. The highest BCUT2D eigenvalue weighted by molar-refractivity contribution is 14.1. The number of halogens is 1. The summed E-state index contributed by atoms with van der Waals surface area (Å²) in [6, 6.07) is 98.3. The van der Waals surface area contributed by atoms with Crippen molar-refractivity contribution in [1.29, 1.82) is 0 Å². The van der Waals surface area contributed by atoms with Crippen LogP contribution in [-0.2, 0) is 27.7 Å². The normalized spacial score (nSPS) is 11.1. The fourth-order valence-electron chi connectivity index (χ4n) is 15.3. The van der Waals surface area contributed by atoms with Crippen LogP contribution in [0.4, 0.5) is 0 Å². The molecule has 0 atom stereocenters. The van der Waals surface area contributed by atoms with Gasteiger partial charge in [0.2, 0.25) is 0 Å². The Morgan fingerprint density at radius 3 is 1.08 bits per heavy atom. The zero-order valence-corrected chi connectivity index (χ0v) is 75.5. The fourth-order valence-corrected chi connectivity index (χ4v) is 15.7. The fraction of sp³-hybridized carbons (Fsp3) is 0.290. The molecule has 0 bridgehead atoms. The Kier molecular flexibility index (Phi) is 33.2. The third kappa shape index (κ3) is 23.1. The first kappa shape index (κ1) is 92.4. The van der Waals surface area contributed by atoms with E-state index >= 15 is 0 Å². The summed E-state index contributed by atoms with van der Waals surface area (Å²) in [5.41, 5.74) is 24.1. The van der Waals surface area contributed by atoms with Gasteiger partial charge in [0.1, 0.15) is 5.75 Å². The first-order valence-electron chi connectivity index (χ1n) is 40.6. The van der Waals surface area contributed by atoms with Crippen LogP contribution in [-0.4, -0.2) is 40.4 Å². The van der Waals surface area contributed by atoms with E-state index in [1.54, 1.807) is 7.11 Å². The zero-order chi connectivity index (χ0) is 84.0. The van der Waals surface area contributed by atoms with Gasteiger partial charge in [0, 0.05) is 61.6 Å². The Morgan fingerprint density at radius 2 is 0.664 bits per heavy atom. The maximum Gasteiger partial charge on any atom is 0.124 e. The van der Waals surface area contributed by atoms with Gasteiger partial charge in [-0.25, -0.2) is 0 Å². The smallest absolute Gasteiger partial charge is 0.124 e. The Hall–Kier alpha value is -10.8. The van der Waals surface area contributed by atoms with Crippen molar-refractivity contribution >= 4 is 66.2 Å². The molecule has 5 aromatic heterocycles. The Morgan fingerprint density at radius 1 is 0.302 bits per heavy atom. The molecule has 116 heavy (non-hydrogen) atoms. The molecule has 0 spiro atoms. The molecule has 0 saturated carbocycles. The van der Waals surface area contributed by atoms with Gasteiger partial charge in [-0.2, -0.15) is 10.2 Å². The number of methoxy groups -OCH3 is 1. The van der Waals surface area contributed by atoms with Crippen molar-refractivity contribution in [2.75, 3.05) is 7.11 Å². The van der Waals surface area contributed by atoms with Gasteiger partial charge >= 0.3 is 0 Å². The molecule has 5 heterocycles. The van der Waals surface area contributed by atoms with Gasteiger partial charge in [0.25, 0.3) is 0 Å². The zero-order valence-electron chi connectivity index (χ0n) is 73.4. The van der Waals surface area contributed by atoms with E-state index in [1.165, 1.54) is 131 Å². The van der Waals surface area contributed by atoms with Crippen LogP contribution in [0, 0.1) is 72.8 Å². The monoisotopic (exact) mass is 1660 g/mol. The molecule has 0 saturated heterocycles. The highest BCUT2D eigenvalue weighted by Crippen LogP contribution is 2.38. The summed E-state index contributed by atoms with van der Waals surface area (Å²) in [5, 5.41) is 14.0. The van der Waals surface area contributed by atoms with Crippen molar-refractivity contribution in [3.63, 3.8) is 0 Å². The molecule has 0 radical (unpaired) electrons. The molecule has 11 aromatic carbocycles. The van der Waals surface area contributed by atoms with Crippen LogP contribution in [0.3, 0.4) is 0 Å². The molecule has 0 unspecified atom stereocenters. The minimum Gasteiger partial charge on any atom is -0.496 e. The van der Waals surface area contributed by atoms with Crippen molar-refractivity contribution < 1.29 is 4.74 Å². The number of benzene rings is 11. The predicted molar refractivity (Wildman–Crippen MR) is 511 cm³/mol. The third-order valence-corrected chi connectivity index (χ3v) is 21.8. The molecule has 16 aromatic rings. The number of rotatable bonds is 11. The van der Waals surface area contributed by atoms with E-state index in [4.69, 9.17) is 4.74 Å². The topological polar surface area (TPSA) is 59.7 Å². The molecule has 0 aliphatic rings. The highest BCUT2D eigenvalue weighted by Gasteiger charge is 2.30. The van der Waals surface area contributed by atoms with Crippen LogP contribution >= 0.6 is 22.6 Å². The number of aryl methyl sites for hydroxylation is 10. The van der Waals surface area contributed by atoms with E-state index in [9.17, 15) is 0 Å². The molecule has 0 N–H and O–H groups in total. The van der Waals surface area contributed by atoms with Crippen LogP contribution in [0.25, 0.3) is 43.6 Å². The van der Waals surface area contributed by atoms with E-state index in [-0.39, 0.29) is 35.1 Å². The first-order chi connectivity index (χ1) is 54.8. The second-order valence-corrected chi connectivity index (χ2v) is 33.4. The lowest BCUT2D eigenvalue weighted by molar-refractivity contribution is 0.377. The number of fused-ring (bicyclic) bond motifs is 4. The summed E-state index contributed by atoms with van der Waals surface area (Å²) in [5.74, 6) is 0.926. The van der Waals surface area contributed by atoms with Crippen molar-refractivity contribution in [3.8, 4) is 5.75 Å². The summed E-state index contributed by atoms with van der Waals surface area (Å²) in [6.45, 7) is 52.0. The molecule has 0 aliphatic heterocycles. The SMILES string of the molecule is C.CC.CC.COc1ccccc1C(C)(C)n1ccc2ccccc21.Cc1cc(C)cc(C(C)(C)n2c(C)cc3ccccc32)c1.Cc1cc(C)cc(C(C)(C)n2ccc3ccccc32)c1.Cc1cc(C)cc(C(C)(C)n2cccn2)c1.Cc1cc(C)cc(C(C)(C)n2ncc3ccccc32)c1.Cc1ccccc1.Ic1ccccc1. The number of hydrogen-bond acceptors (Lipinski definition) is 3. The van der Waals surface area contributed by atoms with Gasteiger partial charge in [0.05, 0.1) is 46.5 Å². The van der Waals surface area contributed by atoms with Crippen LogP contribution in [0.5, 0.6) is 5.75 Å². The number of para-hydroxylation sites is 5. The summed E-state index contributed by atoms with van der Waals surface area (Å²) in [4.78, 5) is 0. The summed E-state index contributed by atoms with van der Waals surface area (Å²) < 4.78 is 18.1. The Bertz CT molecular complexity index is 5450. The van der Waals surface area contributed by atoms with Crippen LogP contribution < -0.4 is 4.74 Å². The van der Waals surface area contributed by atoms with Gasteiger partial charge < -0.3 is 18.4 Å². The van der Waals surface area contributed by atoms with E-state index in [2.05, 4.69) is 426 Å². The van der Waals surface area contributed by atoms with Gasteiger partial charge in [-0.1, -0.05) is 298 Å². The number of aromatic nitrogens is 7. The van der Waals surface area contributed by atoms with Gasteiger partial charge in [-0.05, 0) is 266 Å². The van der Waals surface area contributed by atoms with Gasteiger partial charge in [-0.3, -0.25) is 9.36 Å². The third-order valence-electron chi connectivity index (χ3n) is 21.1. The van der Waals surface area contributed by atoms with E-state index < -0.39 is 0 Å². The molecule has 0 amide bonds. The Balaban J connectivity index is 0.000000190. The minimum atomic E-state index is -0.171. The molecule has 606 valence electrons. The molecular formula is C107H130IN7O. The average Bonchev–Trinajstić information content (AvgIpc) is 1.61. The number of hydrogen-bond donors (Lipinski definition) is 0. The molecular weight excluding hydrogens is 1530 g/mol. The molecule has 0 aliphatic carbocycles. The lowest BCUT2D eigenvalue weighted by Gasteiger charge is -2.31. The van der Waals surface area contributed by atoms with E-state index in [0.29, 0.717) is 0 Å². The summed E-state index contributed by atoms with van der Waals surface area (Å²) >= 11 is 2.28. The molecule has 0 fully saturated rings. The van der Waals surface area contributed by atoms with Gasteiger partial charge in [0.15, 0.2) is 0 Å². The minimum absolute atomic E-state index is 0. The highest BCUT2D eigenvalue weighted by atomic mass is 127. The van der Waals surface area contributed by atoms with Crippen molar-refractivity contribution in [2.45, 2.75) is 201 Å². The predicted octanol–water partition coefficient (Wildman–Crippen LogP) is 29.5. The lowest BCUT2D eigenvalue weighted by atomic mass is 9.90. The average molecular weight is 1660 g/mol. The second-order valence-electron chi connectivity index (χ2n) is 32.2. The van der Waals surface area contributed by atoms with E-state index in [0.717, 1.165) is 5.75 Å². The quantitative estimate of drug-likeness (QED) is 0.121. The number of ether oxygens (including phenoxy) is 1. The van der Waals surface area contributed by atoms with Crippen LogP contribution in [0.15, 0.2) is 310 Å². The van der Waals surface area contributed by atoms with Crippen molar-refractivity contribution in [2.24, 2.45) is 0 Å². The van der Waals surface area contributed by atoms with Crippen LogP contribution in [0.2, 0.25) is 0 Å². The second kappa shape index (κ2) is 41.7. The first-order valence-corrected chi connectivity index (χ1v) is 41.7. The Labute approximate surface area is 710 Å². The molecule has 16 rings (SSSR count). The number of nitrogens with zero attached hydrogens (tertiary/aromatic N) is 7. The maximum atomic E-state index is 5.53. The van der Waals surface area contributed by atoms with Gasteiger partial charge in [-0.15, -0.1) is 0 Å². The van der Waals surface area contributed by atoms with E-state index in [1.807, 2.05) is 106 Å². The summed E-state index contributed by atoms with van der Waals surface area (Å²) in [6.07, 6.45) is 10.1. The van der Waals surface area contributed by atoms with Crippen LogP contribution in [0.1, 0.15) is 188 Å². The molecule has 9 heteroatoms. The van der Waals surface area contributed by atoms with Crippen molar-refractivity contribution in [3.05, 3.63) is 397 Å². The van der Waals surface area contributed by atoms with Crippen molar-refractivity contribution in [1.82, 2.24) is 33.3 Å². The maximum absolute atomic E-state index is 5.53. The standard InChI is InChI=1S/C20H23N.C19H21N.C18H20N2.C18H19NO.C14H18N2.C7H8.C6H5I.2C2H6.CH4/c1-14-10-15(2)12-18(11-14)20(4,5)21-16(3)13-17-8-6-7-9-19(17)21;1-14-11-15(2)13-17(12-14)19(3,4)20-10-9-16-7-5-6-8-18(16)20;1-13-9-14(2)11-16(10-13)18(3,4)20-17-8-6-5-7-15(17)12-19-20;1-18(2,15-9-5-7-11-17(15)20-3)19-13-12-14-8-4-6-10-16(14)19;1-11-8-12(2)10-13(9-11)14(3,4)16-7-5-6-15-16;1-7-5-3-2-4-6-7;7-6-4-2-1-3-5-6;2*1-2;/h6-13H,1-5H3;5-13H,1-4H3;5-12H,1-4H3;4-13H,1-3H3;5-10H,1-4H3;2-6H,1H3;1-5H;2*1-2H3;1H4.